The van der Waals surface area contributed by atoms with Gasteiger partial charge in [-0.05, 0) is 41.7 Å². The van der Waals surface area contributed by atoms with Crippen molar-refractivity contribution >= 4 is 39.3 Å². The summed E-state index contributed by atoms with van der Waals surface area (Å²) in [6, 6.07) is 12.0. The van der Waals surface area contributed by atoms with E-state index in [0.717, 1.165) is 17.2 Å². The van der Waals surface area contributed by atoms with Crippen LogP contribution in [-0.2, 0) is 11.8 Å². The zero-order chi connectivity index (χ0) is 19.7. The van der Waals surface area contributed by atoms with Crippen molar-refractivity contribution in [3.63, 3.8) is 0 Å². The third-order valence-electron chi connectivity index (χ3n) is 5.69. The molecule has 1 saturated carbocycles. The Labute approximate surface area is 168 Å². The van der Waals surface area contributed by atoms with E-state index >= 15 is 0 Å². The quantitative estimate of drug-likeness (QED) is 0.414. The van der Waals surface area contributed by atoms with Crippen molar-refractivity contribution in [2.45, 2.75) is 43.8 Å². The number of carbonyl (C=O) groups is 1. The smallest absolute Gasteiger partial charge is 0.261 e. The van der Waals surface area contributed by atoms with Crippen LogP contribution in [0.3, 0.4) is 0 Å². The largest absolute Gasteiger partial charge is 0.352 e. The third kappa shape index (κ3) is 3.78. The van der Waals surface area contributed by atoms with Crippen molar-refractivity contribution in [3.05, 3.63) is 46.8 Å². The maximum Gasteiger partial charge on any atom is 0.261 e. The van der Waals surface area contributed by atoms with Crippen molar-refractivity contribution < 1.29 is 4.79 Å². The number of nitrogens with one attached hydrogen (secondary N) is 1. The average Bonchev–Trinajstić information content (AvgIpc) is 2.70. The summed E-state index contributed by atoms with van der Waals surface area (Å²) in [5.74, 6) is 0.804. The normalized spacial score (nSPS) is 19.8. The molecule has 1 aromatic heterocycles. The van der Waals surface area contributed by atoms with Crippen LogP contribution in [0.5, 0.6) is 0 Å². The first-order chi connectivity index (χ1) is 13.5. The van der Waals surface area contributed by atoms with Crippen LogP contribution in [0.4, 0.5) is 0 Å². The number of amides is 1. The number of rotatable bonds is 4. The van der Waals surface area contributed by atoms with Crippen molar-refractivity contribution in [1.82, 2.24) is 14.9 Å². The number of hydrogen-bond acceptors (Lipinski definition) is 4. The average molecular weight is 396 g/mol. The van der Waals surface area contributed by atoms with E-state index in [9.17, 15) is 9.59 Å². The maximum absolute atomic E-state index is 12.8. The van der Waals surface area contributed by atoms with Gasteiger partial charge in [0.25, 0.3) is 5.56 Å². The third-order valence-corrected chi connectivity index (χ3v) is 6.72. The van der Waals surface area contributed by atoms with Crippen molar-refractivity contribution in [3.8, 4) is 0 Å². The summed E-state index contributed by atoms with van der Waals surface area (Å²) in [5.41, 5.74) is 0.588. The van der Waals surface area contributed by atoms with E-state index in [2.05, 4.69) is 17.2 Å². The van der Waals surface area contributed by atoms with Crippen LogP contribution in [0, 0.1) is 5.92 Å². The molecule has 1 aliphatic rings. The molecule has 3 aromatic rings. The first-order valence-corrected chi connectivity index (χ1v) is 10.8. The van der Waals surface area contributed by atoms with Gasteiger partial charge < -0.3 is 5.32 Å². The molecule has 6 heteroatoms. The second kappa shape index (κ2) is 7.95. The van der Waals surface area contributed by atoms with E-state index in [1.807, 2.05) is 36.4 Å². The van der Waals surface area contributed by atoms with Gasteiger partial charge in [0.15, 0.2) is 5.16 Å². The number of aromatic nitrogens is 2. The Morgan fingerprint density at radius 2 is 1.93 bits per heavy atom. The lowest BCUT2D eigenvalue weighted by molar-refractivity contribution is -0.119. The van der Waals surface area contributed by atoms with Crippen LogP contribution in [0.2, 0.25) is 0 Å². The van der Waals surface area contributed by atoms with Crippen LogP contribution in [0.1, 0.15) is 32.6 Å². The molecule has 0 spiro atoms. The molecule has 4 rings (SSSR count). The Bertz CT molecular complexity index is 1090. The van der Waals surface area contributed by atoms with Crippen LogP contribution in [-0.4, -0.2) is 27.3 Å². The first-order valence-electron chi connectivity index (χ1n) is 9.84. The van der Waals surface area contributed by atoms with Gasteiger partial charge in [0.1, 0.15) is 0 Å². The molecule has 0 unspecified atom stereocenters. The zero-order valence-electron chi connectivity index (χ0n) is 16.3. The molecule has 0 aliphatic heterocycles. The van der Waals surface area contributed by atoms with Gasteiger partial charge in [0.2, 0.25) is 5.91 Å². The van der Waals surface area contributed by atoms with Crippen molar-refractivity contribution in [1.29, 1.82) is 0 Å². The van der Waals surface area contributed by atoms with Crippen LogP contribution in [0.25, 0.3) is 21.7 Å². The Kier molecular flexibility index (Phi) is 5.40. The minimum atomic E-state index is -0.0837. The Morgan fingerprint density at radius 3 is 2.68 bits per heavy atom. The van der Waals surface area contributed by atoms with Crippen LogP contribution < -0.4 is 10.9 Å². The lowest BCUT2D eigenvalue weighted by atomic mass is 9.86. The molecule has 1 amide bonds. The number of hydrogen-bond donors (Lipinski definition) is 1. The zero-order valence-corrected chi connectivity index (χ0v) is 17.1. The number of nitrogens with zero attached hydrogens (tertiary/aromatic N) is 2. The number of fused-ring (bicyclic) bond motifs is 2. The van der Waals surface area contributed by atoms with Gasteiger partial charge in [-0.25, -0.2) is 4.98 Å². The summed E-state index contributed by atoms with van der Waals surface area (Å²) in [4.78, 5) is 29.9. The van der Waals surface area contributed by atoms with Gasteiger partial charge in [-0.3, -0.25) is 14.2 Å². The number of carbonyl (C=O) groups excluding carboxylic acids is 1. The molecule has 146 valence electrons. The van der Waals surface area contributed by atoms with Gasteiger partial charge in [-0.15, -0.1) is 0 Å². The van der Waals surface area contributed by atoms with Crippen molar-refractivity contribution in [2.24, 2.45) is 13.0 Å². The molecule has 1 aliphatic carbocycles. The molecule has 2 aromatic carbocycles. The first kappa shape index (κ1) is 19.0. The standard InChI is InChI=1S/C22H25N3O2S/c1-14-7-3-6-10-18(14)23-20(26)13-28-22-24-19-12-16-9-5-4-8-15(16)11-17(19)21(27)25(22)2/h4-5,8-9,11-12,14,18H,3,6-7,10,13H2,1-2H3,(H,23,26)/t14-,18+/m1/s1. The monoisotopic (exact) mass is 395 g/mol. The lowest BCUT2D eigenvalue weighted by Crippen LogP contribution is -2.41. The second-order valence-electron chi connectivity index (χ2n) is 7.70. The maximum atomic E-state index is 12.8. The highest BCUT2D eigenvalue weighted by Crippen LogP contribution is 2.25. The molecular formula is C22H25N3O2S. The second-order valence-corrected chi connectivity index (χ2v) is 8.64. The highest BCUT2D eigenvalue weighted by molar-refractivity contribution is 7.99. The fraction of sp³-hybridized carbons (Fsp3) is 0.409. The Morgan fingerprint density at radius 1 is 1.21 bits per heavy atom. The van der Waals surface area contributed by atoms with E-state index in [1.54, 1.807) is 7.05 Å². The Balaban J connectivity index is 1.55. The minimum absolute atomic E-state index is 0.0107. The van der Waals surface area contributed by atoms with Gasteiger partial charge >= 0.3 is 0 Å². The number of benzene rings is 2. The molecule has 0 bridgehead atoms. The van der Waals surface area contributed by atoms with E-state index in [0.29, 0.717) is 22.0 Å². The molecule has 1 heterocycles. The molecule has 1 fully saturated rings. The predicted octanol–water partition coefficient (Wildman–Crippen LogP) is 3.87. The molecular weight excluding hydrogens is 370 g/mol. The van der Waals surface area contributed by atoms with Gasteiger partial charge in [-0.2, -0.15) is 0 Å². The van der Waals surface area contributed by atoms with Crippen molar-refractivity contribution in [2.75, 3.05) is 5.75 Å². The highest BCUT2D eigenvalue weighted by Gasteiger charge is 2.23. The summed E-state index contributed by atoms with van der Waals surface area (Å²) >= 11 is 1.32. The Hall–Kier alpha value is -2.34. The summed E-state index contributed by atoms with van der Waals surface area (Å²) in [6.07, 6.45) is 4.65. The molecule has 1 N–H and O–H groups in total. The summed E-state index contributed by atoms with van der Waals surface area (Å²) in [5, 5.41) is 6.41. The van der Waals surface area contributed by atoms with Gasteiger partial charge in [0, 0.05) is 13.1 Å². The minimum Gasteiger partial charge on any atom is -0.352 e. The SMILES string of the molecule is C[C@@H]1CCCC[C@@H]1NC(=O)CSc1nc2cc3ccccc3cc2c(=O)n1C. The fourth-order valence-electron chi connectivity index (χ4n) is 3.98. The molecule has 28 heavy (non-hydrogen) atoms. The fourth-order valence-corrected chi connectivity index (χ4v) is 4.76. The topological polar surface area (TPSA) is 64.0 Å². The van der Waals surface area contributed by atoms with Crippen LogP contribution >= 0.6 is 11.8 Å². The van der Waals surface area contributed by atoms with E-state index in [-0.39, 0.29) is 23.3 Å². The molecule has 5 nitrogen and oxygen atoms in total. The molecule has 0 radical (unpaired) electrons. The van der Waals surface area contributed by atoms with Gasteiger partial charge in [-0.1, -0.05) is 55.8 Å². The highest BCUT2D eigenvalue weighted by atomic mass is 32.2. The molecule has 0 saturated heterocycles. The predicted molar refractivity (Wildman–Crippen MR) is 115 cm³/mol. The number of thioether (sulfide) groups is 1. The molecule has 2 atom stereocenters. The lowest BCUT2D eigenvalue weighted by Gasteiger charge is -2.29. The summed E-state index contributed by atoms with van der Waals surface area (Å²) in [6.45, 7) is 2.20. The summed E-state index contributed by atoms with van der Waals surface area (Å²) in [7, 11) is 1.72. The van der Waals surface area contributed by atoms with Gasteiger partial charge in [0.05, 0.1) is 16.7 Å². The van der Waals surface area contributed by atoms with E-state index in [1.165, 1.54) is 35.6 Å². The van der Waals surface area contributed by atoms with E-state index < -0.39 is 0 Å². The van der Waals surface area contributed by atoms with E-state index in [4.69, 9.17) is 0 Å². The van der Waals surface area contributed by atoms with Crippen LogP contribution in [0.15, 0.2) is 46.3 Å². The summed E-state index contributed by atoms with van der Waals surface area (Å²) < 4.78 is 1.54.